The quantitative estimate of drug-likeness (QED) is 0.660. The van der Waals surface area contributed by atoms with Gasteiger partial charge in [-0.05, 0) is 13.8 Å². The second kappa shape index (κ2) is 3.57. The van der Waals surface area contributed by atoms with Crippen LogP contribution in [0.15, 0.2) is 12.4 Å². The molecule has 0 fully saturated rings. The Bertz CT molecular complexity index is 280. The van der Waals surface area contributed by atoms with Crippen LogP contribution in [0.3, 0.4) is 0 Å². The summed E-state index contributed by atoms with van der Waals surface area (Å²) in [6.07, 6.45) is 3.05. The second-order valence-electron chi connectivity index (χ2n) is 3.29. The van der Waals surface area contributed by atoms with Crippen LogP contribution < -0.4 is 5.73 Å². The molecular weight excluding hydrogens is 170 g/mol. The molecule has 5 nitrogen and oxygen atoms in total. The van der Waals surface area contributed by atoms with E-state index in [1.807, 2.05) is 0 Å². The van der Waals surface area contributed by atoms with Gasteiger partial charge in [-0.1, -0.05) is 0 Å². The molecule has 0 atom stereocenters. The summed E-state index contributed by atoms with van der Waals surface area (Å²) < 4.78 is 5.07. The van der Waals surface area contributed by atoms with E-state index >= 15 is 0 Å². The van der Waals surface area contributed by atoms with Gasteiger partial charge in [0.1, 0.15) is 5.60 Å². The first-order valence-electron chi connectivity index (χ1n) is 3.98. The number of imidazole rings is 1. The van der Waals surface area contributed by atoms with Gasteiger partial charge in [-0.25, -0.2) is 9.78 Å². The number of aromatic nitrogens is 2. The minimum Gasteiger partial charge on any atom is -0.452 e. The van der Waals surface area contributed by atoms with Crippen LogP contribution in [0.2, 0.25) is 0 Å². The molecule has 72 valence electrons. The number of carbonyl (C=O) groups is 1. The number of hydrogen-bond acceptors (Lipinski definition) is 4. The van der Waals surface area contributed by atoms with Gasteiger partial charge in [0, 0.05) is 18.9 Å². The normalized spacial score (nSPS) is 11.3. The topological polar surface area (TPSA) is 81.0 Å². The molecule has 0 bridgehead atoms. The molecule has 0 amide bonds. The molecule has 0 aliphatic rings. The SMILES string of the molecule is CC(C)(CN)OC(=O)c1ncc[nH]1. The number of esters is 1. The van der Waals surface area contributed by atoms with E-state index in [1.54, 1.807) is 20.0 Å². The molecule has 1 heterocycles. The third-order valence-corrected chi connectivity index (χ3v) is 1.55. The highest BCUT2D eigenvalue weighted by Gasteiger charge is 2.22. The van der Waals surface area contributed by atoms with Crippen molar-refractivity contribution < 1.29 is 9.53 Å². The number of rotatable bonds is 3. The molecule has 0 saturated carbocycles. The van der Waals surface area contributed by atoms with Crippen LogP contribution in [0.25, 0.3) is 0 Å². The maximum Gasteiger partial charge on any atom is 0.374 e. The van der Waals surface area contributed by atoms with Crippen molar-refractivity contribution in [2.75, 3.05) is 6.54 Å². The summed E-state index contributed by atoms with van der Waals surface area (Å²) in [4.78, 5) is 17.7. The third kappa shape index (κ3) is 2.55. The van der Waals surface area contributed by atoms with Crippen molar-refractivity contribution >= 4 is 5.97 Å². The van der Waals surface area contributed by atoms with E-state index < -0.39 is 11.6 Å². The average Bonchev–Trinajstić information content (AvgIpc) is 2.55. The Kier molecular flexibility index (Phi) is 2.67. The first-order valence-corrected chi connectivity index (χ1v) is 3.98. The highest BCUT2D eigenvalue weighted by atomic mass is 16.6. The summed E-state index contributed by atoms with van der Waals surface area (Å²) in [5.41, 5.74) is 4.75. The Morgan fingerprint density at radius 1 is 1.77 bits per heavy atom. The number of nitrogens with zero attached hydrogens (tertiary/aromatic N) is 1. The Balaban J connectivity index is 2.61. The molecule has 1 aromatic rings. The van der Waals surface area contributed by atoms with Gasteiger partial charge in [-0.15, -0.1) is 0 Å². The zero-order valence-electron chi connectivity index (χ0n) is 7.70. The van der Waals surface area contributed by atoms with Crippen LogP contribution in [-0.4, -0.2) is 28.1 Å². The van der Waals surface area contributed by atoms with Crippen molar-refractivity contribution in [2.24, 2.45) is 5.73 Å². The van der Waals surface area contributed by atoms with E-state index in [0.29, 0.717) is 0 Å². The highest BCUT2D eigenvalue weighted by molar-refractivity contribution is 5.85. The molecular formula is C8H13N3O2. The van der Waals surface area contributed by atoms with Crippen LogP contribution in [-0.2, 0) is 4.74 Å². The van der Waals surface area contributed by atoms with Gasteiger partial charge in [0.15, 0.2) is 0 Å². The van der Waals surface area contributed by atoms with Gasteiger partial charge >= 0.3 is 5.97 Å². The number of ether oxygens (including phenoxy) is 1. The molecule has 1 aromatic heterocycles. The highest BCUT2D eigenvalue weighted by Crippen LogP contribution is 2.08. The van der Waals surface area contributed by atoms with E-state index in [-0.39, 0.29) is 12.4 Å². The second-order valence-corrected chi connectivity index (χ2v) is 3.29. The minimum absolute atomic E-state index is 0.196. The van der Waals surface area contributed by atoms with Crippen LogP contribution in [0, 0.1) is 0 Å². The van der Waals surface area contributed by atoms with Crippen molar-refractivity contribution in [3.8, 4) is 0 Å². The van der Waals surface area contributed by atoms with E-state index in [2.05, 4.69) is 9.97 Å². The number of carbonyl (C=O) groups excluding carboxylic acids is 1. The maximum atomic E-state index is 11.3. The standard InChI is InChI=1S/C8H13N3O2/c1-8(2,5-9)13-7(12)6-10-3-4-11-6/h3-4H,5,9H2,1-2H3,(H,10,11). The predicted molar refractivity (Wildman–Crippen MR) is 47.1 cm³/mol. The van der Waals surface area contributed by atoms with Gasteiger partial charge in [-0.3, -0.25) is 0 Å². The fourth-order valence-electron chi connectivity index (χ4n) is 0.718. The van der Waals surface area contributed by atoms with Gasteiger partial charge in [-0.2, -0.15) is 0 Å². The molecule has 0 aromatic carbocycles. The van der Waals surface area contributed by atoms with Crippen molar-refractivity contribution in [1.29, 1.82) is 0 Å². The zero-order chi connectivity index (χ0) is 9.90. The predicted octanol–water partition coefficient (Wildman–Crippen LogP) is 0.304. The molecule has 5 heteroatoms. The molecule has 0 aliphatic carbocycles. The van der Waals surface area contributed by atoms with E-state index in [1.165, 1.54) is 6.20 Å². The fraction of sp³-hybridized carbons (Fsp3) is 0.500. The maximum absolute atomic E-state index is 11.3. The number of nitrogens with one attached hydrogen (secondary N) is 1. The molecule has 0 spiro atoms. The number of nitrogens with two attached hydrogens (primary N) is 1. The number of hydrogen-bond donors (Lipinski definition) is 2. The molecule has 0 saturated heterocycles. The lowest BCUT2D eigenvalue weighted by atomic mass is 10.1. The lowest BCUT2D eigenvalue weighted by Crippen LogP contribution is -2.36. The average molecular weight is 183 g/mol. The smallest absolute Gasteiger partial charge is 0.374 e. The molecule has 13 heavy (non-hydrogen) atoms. The lowest BCUT2D eigenvalue weighted by Gasteiger charge is -2.22. The van der Waals surface area contributed by atoms with Crippen molar-refractivity contribution in [3.63, 3.8) is 0 Å². The van der Waals surface area contributed by atoms with Gasteiger partial charge in [0.25, 0.3) is 0 Å². The van der Waals surface area contributed by atoms with E-state index in [0.717, 1.165) is 0 Å². The van der Waals surface area contributed by atoms with Gasteiger partial charge in [0.2, 0.25) is 5.82 Å². The first kappa shape index (κ1) is 9.73. The summed E-state index contributed by atoms with van der Waals surface area (Å²) >= 11 is 0. The summed E-state index contributed by atoms with van der Waals surface area (Å²) in [7, 11) is 0. The minimum atomic E-state index is -0.649. The van der Waals surface area contributed by atoms with Gasteiger partial charge < -0.3 is 15.5 Å². The zero-order valence-corrected chi connectivity index (χ0v) is 7.70. The van der Waals surface area contributed by atoms with E-state index in [4.69, 9.17) is 10.5 Å². The van der Waals surface area contributed by atoms with E-state index in [9.17, 15) is 4.79 Å². The van der Waals surface area contributed by atoms with Crippen LogP contribution >= 0.6 is 0 Å². The summed E-state index contributed by atoms with van der Waals surface area (Å²) in [5, 5.41) is 0. The monoisotopic (exact) mass is 183 g/mol. The summed E-state index contributed by atoms with van der Waals surface area (Å²) in [6.45, 7) is 3.77. The molecule has 3 N–H and O–H groups in total. The molecule has 1 rings (SSSR count). The van der Waals surface area contributed by atoms with Gasteiger partial charge in [0.05, 0.1) is 0 Å². The van der Waals surface area contributed by atoms with Crippen LogP contribution in [0.4, 0.5) is 0 Å². The summed E-state index contributed by atoms with van der Waals surface area (Å²) in [6, 6.07) is 0. The number of H-pyrrole nitrogens is 1. The largest absolute Gasteiger partial charge is 0.452 e. The Labute approximate surface area is 76.3 Å². The Hall–Kier alpha value is -1.36. The fourth-order valence-corrected chi connectivity index (χ4v) is 0.718. The number of aromatic amines is 1. The van der Waals surface area contributed by atoms with Crippen molar-refractivity contribution in [2.45, 2.75) is 19.4 Å². The summed E-state index contributed by atoms with van der Waals surface area (Å²) in [5.74, 6) is -0.290. The lowest BCUT2D eigenvalue weighted by molar-refractivity contribution is 0.00168. The van der Waals surface area contributed by atoms with Crippen molar-refractivity contribution in [3.05, 3.63) is 18.2 Å². The van der Waals surface area contributed by atoms with Crippen molar-refractivity contribution in [1.82, 2.24) is 9.97 Å². The molecule has 0 aliphatic heterocycles. The molecule has 0 radical (unpaired) electrons. The Morgan fingerprint density at radius 3 is 2.92 bits per heavy atom. The molecule has 0 unspecified atom stereocenters. The van der Waals surface area contributed by atoms with Crippen LogP contribution in [0.1, 0.15) is 24.5 Å². The first-order chi connectivity index (χ1) is 6.05. The Morgan fingerprint density at radius 2 is 2.46 bits per heavy atom. The van der Waals surface area contributed by atoms with Crippen LogP contribution in [0.5, 0.6) is 0 Å². The third-order valence-electron chi connectivity index (χ3n) is 1.55.